The van der Waals surface area contributed by atoms with Crippen molar-refractivity contribution in [2.24, 2.45) is 0 Å². The molecule has 0 radical (unpaired) electrons. The number of carbonyl (C=O) groups is 1. The molecule has 98 valence electrons. The molecule has 1 saturated heterocycles. The number of nitrogens with zero attached hydrogens (tertiary/aromatic N) is 2. The topological polar surface area (TPSA) is 51.7 Å². The van der Waals surface area contributed by atoms with Gasteiger partial charge in [0.05, 0.1) is 12.7 Å². The average Bonchev–Trinajstić information content (AvgIpc) is 2.78. The van der Waals surface area contributed by atoms with Crippen molar-refractivity contribution in [3.8, 4) is 5.75 Å². The second kappa shape index (κ2) is 6.15. The van der Waals surface area contributed by atoms with Crippen molar-refractivity contribution in [3.63, 3.8) is 0 Å². The predicted octanol–water partition coefficient (Wildman–Crippen LogP) is 1.47. The second-order valence-corrected chi connectivity index (χ2v) is 5.06. The number of rotatable bonds is 4. The summed E-state index contributed by atoms with van der Waals surface area (Å²) in [6.07, 6.45) is 4.24. The van der Waals surface area contributed by atoms with Crippen molar-refractivity contribution in [1.82, 2.24) is 9.88 Å². The number of hydrogen-bond donors (Lipinski definition) is 0. The summed E-state index contributed by atoms with van der Waals surface area (Å²) in [5.41, 5.74) is 0. The van der Waals surface area contributed by atoms with Crippen LogP contribution in [0, 0.1) is 0 Å². The molecular formula is C12H15BrN2O3. The van der Waals surface area contributed by atoms with Crippen LogP contribution >= 0.6 is 15.9 Å². The van der Waals surface area contributed by atoms with E-state index in [1.807, 2.05) is 6.07 Å². The van der Waals surface area contributed by atoms with Crippen molar-refractivity contribution in [1.29, 1.82) is 0 Å². The van der Waals surface area contributed by atoms with E-state index in [1.165, 1.54) is 7.11 Å². The molecule has 0 aromatic carbocycles. The van der Waals surface area contributed by atoms with Gasteiger partial charge in [-0.1, -0.05) is 0 Å². The smallest absolute Gasteiger partial charge is 0.248 e. The zero-order valence-electron chi connectivity index (χ0n) is 10.1. The fourth-order valence-electron chi connectivity index (χ4n) is 1.91. The Morgan fingerprint density at radius 3 is 3.17 bits per heavy atom. The highest BCUT2D eigenvalue weighted by molar-refractivity contribution is 9.10. The molecule has 1 atom stereocenters. The highest BCUT2D eigenvalue weighted by Gasteiger charge is 2.27. The van der Waals surface area contributed by atoms with E-state index in [0.29, 0.717) is 13.1 Å². The van der Waals surface area contributed by atoms with Gasteiger partial charge in [0.15, 0.2) is 0 Å². The van der Waals surface area contributed by atoms with Gasteiger partial charge >= 0.3 is 0 Å². The van der Waals surface area contributed by atoms with Crippen molar-refractivity contribution in [3.05, 3.63) is 22.9 Å². The minimum absolute atomic E-state index is 0.0102. The van der Waals surface area contributed by atoms with Gasteiger partial charge in [-0.05, 0) is 22.0 Å². The molecular weight excluding hydrogens is 300 g/mol. The largest absolute Gasteiger partial charge is 0.487 e. The summed E-state index contributed by atoms with van der Waals surface area (Å²) < 4.78 is 11.5. The first-order valence-corrected chi connectivity index (χ1v) is 6.52. The number of amides is 1. The molecule has 1 aromatic heterocycles. The van der Waals surface area contributed by atoms with Crippen molar-refractivity contribution >= 4 is 21.8 Å². The lowest BCUT2D eigenvalue weighted by Crippen LogP contribution is -2.33. The Kier molecular flexibility index (Phi) is 4.54. The molecule has 2 heterocycles. The summed E-state index contributed by atoms with van der Waals surface area (Å²) in [7, 11) is 1.52. The third kappa shape index (κ3) is 3.43. The highest BCUT2D eigenvalue weighted by atomic mass is 79.9. The van der Waals surface area contributed by atoms with Crippen LogP contribution in [0.4, 0.5) is 0 Å². The van der Waals surface area contributed by atoms with E-state index in [0.717, 1.165) is 16.6 Å². The molecule has 6 heteroatoms. The summed E-state index contributed by atoms with van der Waals surface area (Å²) in [5.74, 6) is 0.728. The fraction of sp³-hybridized carbons (Fsp3) is 0.500. The maximum atomic E-state index is 11.6. The molecule has 0 spiro atoms. The van der Waals surface area contributed by atoms with E-state index in [1.54, 1.807) is 17.3 Å². The molecule has 0 saturated carbocycles. The number of carbonyl (C=O) groups excluding carboxylic acids is 1. The van der Waals surface area contributed by atoms with Gasteiger partial charge in [0, 0.05) is 30.7 Å². The SMILES string of the molecule is COCC(=O)N1CC[C@@H](Oc2cncc(Br)c2)C1. The Bertz CT molecular complexity index is 428. The molecule has 1 aliphatic heterocycles. The first-order valence-electron chi connectivity index (χ1n) is 5.73. The standard InChI is InChI=1S/C12H15BrN2O3/c1-17-8-12(16)15-3-2-10(7-15)18-11-4-9(13)5-14-6-11/h4-6,10H,2-3,7-8H2,1H3/t10-/m1/s1. The maximum absolute atomic E-state index is 11.6. The van der Waals surface area contributed by atoms with Crippen molar-refractivity contribution < 1.29 is 14.3 Å². The molecule has 18 heavy (non-hydrogen) atoms. The Balaban J connectivity index is 1.88. The van der Waals surface area contributed by atoms with E-state index in [2.05, 4.69) is 20.9 Å². The molecule has 1 aliphatic rings. The summed E-state index contributed by atoms with van der Waals surface area (Å²) in [4.78, 5) is 17.4. The third-order valence-electron chi connectivity index (χ3n) is 2.75. The van der Waals surface area contributed by atoms with Crippen LogP contribution in [0.15, 0.2) is 22.9 Å². The van der Waals surface area contributed by atoms with Crippen molar-refractivity contribution in [2.45, 2.75) is 12.5 Å². The van der Waals surface area contributed by atoms with Crippen LogP contribution in [0.3, 0.4) is 0 Å². The van der Waals surface area contributed by atoms with Gasteiger partial charge in [0.25, 0.3) is 0 Å². The van der Waals surface area contributed by atoms with E-state index in [9.17, 15) is 4.79 Å². The number of ether oxygens (including phenoxy) is 2. The second-order valence-electron chi connectivity index (χ2n) is 4.14. The van der Waals surface area contributed by atoms with Crippen LogP contribution < -0.4 is 4.74 Å². The number of hydrogen-bond acceptors (Lipinski definition) is 4. The van der Waals surface area contributed by atoms with Gasteiger partial charge < -0.3 is 14.4 Å². The number of aromatic nitrogens is 1. The maximum Gasteiger partial charge on any atom is 0.248 e. The quantitative estimate of drug-likeness (QED) is 0.844. The van der Waals surface area contributed by atoms with E-state index < -0.39 is 0 Å². The number of halogens is 1. The summed E-state index contributed by atoms with van der Waals surface area (Å²) >= 11 is 3.34. The zero-order valence-corrected chi connectivity index (χ0v) is 11.7. The highest BCUT2D eigenvalue weighted by Crippen LogP contribution is 2.20. The van der Waals surface area contributed by atoms with Gasteiger partial charge in [0.2, 0.25) is 5.91 Å². The minimum Gasteiger partial charge on any atom is -0.487 e. The van der Waals surface area contributed by atoms with Crippen LogP contribution in [0.25, 0.3) is 0 Å². The van der Waals surface area contributed by atoms with Gasteiger partial charge in [-0.3, -0.25) is 9.78 Å². The van der Waals surface area contributed by atoms with Crippen LogP contribution in [-0.2, 0) is 9.53 Å². The predicted molar refractivity (Wildman–Crippen MR) is 69.4 cm³/mol. The Morgan fingerprint density at radius 2 is 2.44 bits per heavy atom. The Morgan fingerprint density at radius 1 is 1.61 bits per heavy atom. The molecule has 1 aromatic rings. The van der Waals surface area contributed by atoms with Gasteiger partial charge in [-0.25, -0.2) is 0 Å². The molecule has 0 aliphatic carbocycles. The molecule has 2 rings (SSSR count). The van der Waals surface area contributed by atoms with E-state index in [-0.39, 0.29) is 18.6 Å². The summed E-state index contributed by atoms with van der Waals surface area (Å²) in [6.45, 7) is 1.45. The molecule has 0 bridgehead atoms. The Labute approximate surface area is 114 Å². The summed E-state index contributed by atoms with van der Waals surface area (Å²) in [5, 5.41) is 0. The zero-order chi connectivity index (χ0) is 13.0. The fourth-order valence-corrected chi connectivity index (χ4v) is 2.26. The van der Waals surface area contributed by atoms with Crippen molar-refractivity contribution in [2.75, 3.05) is 26.8 Å². The van der Waals surface area contributed by atoms with E-state index >= 15 is 0 Å². The summed E-state index contributed by atoms with van der Waals surface area (Å²) in [6, 6.07) is 1.87. The molecule has 1 amide bonds. The van der Waals surface area contributed by atoms with E-state index in [4.69, 9.17) is 9.47 Å². The monoisotopic (exact) mass is 314 g/mol. The lowest BCUT2D eigenvalue weighted by Gasteiger charge is -2.16. The Hall–Kier alpha value is -1.14. The first kappa shape index (κ1) is 13.3. The minimum atomic E-state index is 0.0102. The average molecular weight is 315 g/mol. The van der Waals surface area contributed by atoms with Gasteiger partial charge in [-0.2, -0.15) is 0 Å². The molecule has 1 fully saturated rings. The first-order chi connectivity index (χ1) is 8.69. The lowest BCUT2D eigenvalue weighted by molar-refractivity contribution is -0.134. The number of pyridine rings is 1. The number of likely N-dealkylation sites (tertiary alicyclic amines) is 1. The van der Waals surface area contributed by atoms with Crippen LogP contribution in [0.5, 0.6) is 5.75 Å². The third-order valence-corrected chi connectivity index (χ3v) is 3.18. The lowest BCUT2D eigenvalue weighted by atomic mass is 10.3. The van der Waals surface area contributed by atoms with Crippen LogP contribution in [0.2, 0.25) is 0 Å². The number of methoxy groups -OCH3 is 1. The van der Waals surface area contributed by atoms with Crippen LogP contribution in [-0.4, -0.2) is 48.7 Å². The molecule has 0 N–H and O–H groups in total. The normalized spacial score (nSPS) is 19.0. The van der Waals surface area contributed by atoms with Gasteiger partial charge in [0.1, 0.15) is 18.5 Å². The van der Waals surface area contributed by atoms with Crippen LogP contribution in [0.1, 0.15) is 6.42 Å². The molecule has 5 nitrogen and oxygen atoms in total. The van der Waals surface area contributed by atoms with Gasteiger partial charge in [-0.15, -0.1) is 0 Å². The molecule has 0 unspecified atom stereocenters.